The molecule has 1 aliphatic carbocycles. The molecule has 0 spiro atoms. The number of fused-ring (bicyclic) bond motifs is 1. The first-order chi connectivity index (χ1) is 16.5. The first-order valence-corrected chi connectivity index (χ1v) is 11.9. The molecule has 1 saturated carbocycles. The lowest BCUT2D eigenvalue weighted by Gasteiger charge is -2.19. The van der Waals surface area contributed by atoms with Gasteiger partial charge in [-0.3, -0.25) is 4.98 Å². The fraction of sp³-hybridized carbons (Fsp3) is 0.522. The third-order valence-corrected chi connectivity index (χ3v) is 6.43. The molecule has 12 heteroatoms. The second kappa shape index (κ2) is 11.5. The van der Waals surface area contributed by atoms with Crippen LogP contribution in [0.3, 0.4) is 0 Å². The molecule has 0 radical (unpaired) electrons. The summed E-state index contributed by atoms with van der Waals surface area (Å²) in [6.45, 7) is 3.89. The number of benzene rings is 1. The van der Waals surface area contributed by atoms with Crippen molar-refractivity contribution in [3.63, 3.8) is 0 Å². The Morgan fingerprint density at radius 3 is 2.51 bits per heavy atom. The van der Waals surface area contributed by atoms with Crippen molar-refractivity contribution >= 4 is 23.2 Å². The van der Waals surface area contributed by atoms with Crippen LogP contribution in [0.2, 0.25) is 0 Å². The van der Waals surface area contributed by atoms with E-state index in [9.17, 15) is 18.3 Å². The molecule has 2 aromatic heterocycles. The molecule has 0 amide bonds. The third-order valence-electron chi connectivity index (χ3n) is 5.71. The number of methoxy groups -OCH3 is 2. The summed E-state index contributed by atoms with van der Waals surface area (Å²) >= 11 is -0.164. The summed E-state index contributed by atoms with van der Waals surface area (Å²) in [4.78, 5) is 8.67. The summed E-state index contributed by atoms with van der Waals surface area (Å²) in [5, 5.41) is 17.2. The predicted octanol–water partition coefficient (Wildman–Crippen LogP) is 4.99. The van der Waals surface area contributed by atoms with E-state index in [1.54, 1.807) is 43.3 Å². The van der Waals surface area contributed by atoms with E-state index < -0.39 is 11.3 Å². The Morgan fingerprint density at radius 1 is 1.17 bits per heavy atom. The van der Waals surface area contributed by atoms with Gasteiger partial charge in [-0.1, -0.05) is 12.1 Å². The largest absolute Gasteiger partial charge is 0.446 e. The number of halogens is 3. The lowest BCUT2D eigenvalue weighted by Crippen LogP contribution is -2.24. The minimum Gasteiger partial charge on any atom is -0.396 e. The van der Waals surface area contributed by atoms with E-state index >= 15 is 0 Å². The number of nitrogens with zero attached hydrogens (tertiary/aromatic N) is 4. The van der Waals surface area contributed by atoms with Gasteiger partial charge in [-0.2, -0.15) is 17.7 Å². The zero-order valence-corrected chi connectivity index (χ0v) is 20.9. The van der Waals surface area contributed by atoms with E-state index in [2.05, 4.69) is 20.4 Å². The molecule has 8 nitrogen and oxygen atoms in total. The molecule has 1 aromatic carbocycles. The van der Waals surface area contributed by atoms with E-state index in [-0.39, 0.29) is 29.3 Å². The van der Waals surface area contributed by atoms with Gasteiger partial charge in [-0.25, -0.2) is 4.98 Å². The van der Waals surface area contributed by atoms with Gasteiger partial charge in [0, 0.05) is 37.3 Å². The molecule has 3 aromatic rings. The van der Waals surface area contributed by atoms with Crippen molar-refractivity contribution in [1.82, 2.24) is 19.6 Å². The van der Waals surface area contributed by atoms with Crippen LogP contribution in [0.15, 0.2) is 41.6 Å². The number of nitrogens with one attached hydrogen (secondary N) is 1. The number of hydrogen-bond donors (Lipinski definition) is 2. The second-order valence-corrected chi connectivity index (χ2v) is 9.72. The van der Waals surface area contributed by atoms with Crippen LogP contribution in [-0.4, -0.2) is 62.9 Å². The van der Waals surface area contributed by atoms with Crippen molar-refractivity contribution in [3.05, 3.63) is 36.7 Å². The summed E-state index contributed by atoms with van der Waals surface area (Å²) < 4.78 is 49.3. The van der Waals surface area contributed by atoms with Gasteiger partial charge in [-0.15, -0.1) is 5.10 Å². The molecule has 2 atom stereocenters. The van der Waals surface area contributed by atoms with Crippen LogP contribution in [-0.2, 0) is 9.47 Å². The quantitative estimate of drug-likeness (QED) is 0.337. The average Bonchev–Trinajstić information content (AvgIpc) is 3.46. The van der Waals surface area contributed by atoms with E-state index in [0.717, 1.165) is 19.3 Å². The van der Waals surface area contributed by atoms with Crippen LogP contribution in [0.4, 0.5) is 19.0 Å². The summed E-state index contributed by atoms with van der Waals surface area (Å²) in [5.41, 5.74) is -3.34. The van der Waals surface area contributed by atoms with Crippen molar-refractivity contribution in [1.29, 1.82) is 0 Å². The molecule has 2 N–H and O–H groups in total. The average molecular weight is 514 g/mol. The van der Waals surface area contributed by atoms with Crippen molar-refractivity contribution in [2.45, 2.75) is 55.3 Å². The minimum atomic E-state index is -4.35. The SMILES string of the molecule is COC(C)(C)OC.OCC1CCC(Nc2cncc3nc(-c4cccc(SC(F)(F)F)c4)nn23)C1. The van der Waals surface area contributed by atoms with Gasteiger partial charge in [-0.05, 0) is 62.9 Å². The van der Waals surface area contributed by atoms with Crippen LogP contribution >= 0.6 is 11.8 Å². The number of alkyl halides is 3. The van der Waals surface area contributed by atoms with Gasteiger partial charge in [0.25, 0.3) is 0 Å². The molecule has 2 heterocycles. The fourth-order valence-electron chi connectivity index (χ4n) is 3.53. The molecule has 35 heavy (non-hydrogen) atoms. The lowest BCUT2D eigenvalue weighted by molar-refractivity contribution is -0.178. The molecule has 1 aliphatic rings. The third kappa shape index (κ3) is 7.79. The number of thioether (sulfide) groups is 1. The molecular formula is C23H30F3N5O3S. The second-order valence-electron chi connectivity index (χ2n) is 8.58. The first-order valence-electron chi connectivity index (χ1n) is 11.1. The minimum absolute atomic E-state index is 0.0846. The zero-order chi connectivity index (χ0) is 25.6. The maximum absolute atomic E-state index is 12.6. The topological polar surface area (TPSA) is 93.8 Å². The summed E-state index contributed by atoms with van der Waals surface area (Å²) in [7, 11) is 3.23. The molecule has 0 bridgehead atoms. The molecule has 2 unspecified atom stereocenters. The van der Waals surface area contributed by atoms with E-state index in [1.165, 1.54) is 12.1 Å². The van der Waals surface area contributed by atoms with Gasteiger partial charge in [0.05, 0.1) is 12.4 Å². The highest BCUT2D eigenvalue weighted by Gasteiger charge is 2.29. The Labute approximate surface area is 206 Å². The van der Waals surface area contributed by atoms with E-state index in [4.69, 9.17) is 9.47 Å². The van der Waals surface area contributed by atoms with Crippen molar-refractivity contribution < 1.29 is 27.8 Å². The van der Waals surface area contributed by atoms with Crippen LogP contribution in [0.25, 0.3) is 17.0 Å². The Balaban J connectivity index is 0.000000429. The molecule has 1 fully saturated rings. The smallest absolute Gasteiger partial charge is 0.396 e. The standard InChI is InChI=1S/C18H18F3N5OS.C5H12O2/c19-18(20,21)28-14-3-1-2-12(7-14)17-24-16-9-22-8-15(26(16)25-17)23-13-5-4-11(6-13)10-27;1-5(2,6-3)7-4/h1-3,7-9,11,13,23,27H,4-6,10H2;1-4H3. The maximum atomic E-state index is 12.6. The van der Waals surface area contributed by atoms with Crippen LogP contribution < -0.4 is 5.32 Å². The molecule has 4 rings (SSSR count). The number of aliphatic hydroxyl groups excluding tert-OH is 1. The Hall–Kier alpha value is -2.41. The molecule has 192 valence electrons. The van der Waals surface area contributed by atoms with Crippen molar-refractivity contribution in [2.24, 2.45) is 5.92 Å². The first kappa shape index (κ1) is 27.2. The predicted molar refractivity (Wildman–Crippen MR) is 128 cm³/mol. The van der Waals surface area contributed by atoms with Gasteiger partial charge >= 0.3 is 5.51 Å². The lowest BCUT2D eigenvalue weighted by atomic mass is 10.1. The number of hydrogen-bond acceptors (Lipinski definition) is 8. The maximum Gasteiger partial charge on any atom is 0.446 e. The summed E-state index contributed by atoms with van der Waals surface area (Å²) in [6.07, 6.45) is 5.98. The van der Waals surface area contributed by atoms with Gasteiger partial charge in [0.1, 0.15) is 5.82 Å². The Bertz CT molecular complexity index is 1100. The number of aromatic nitrogens is 4. The highest BCUT2D eigenvalue weighted by Crippen LogP contribution is 2.38. The van der Waals surface area contributed by atoms with Crippen LogP contribution in [0, 0.1) is 5.92 Å². The van der Waals surface area contributed by atoms with Gasteiger partial charge < -0.3 is 19.9 Å². The normalized spacial score (nSPS) is 18.4. The van der Waals surface area contributed by atoms with Gasteiger partial charge in [0.15, 0.2) is 17.3 Å². The molecule has 0 aliphatic heterocycles. The number of anilines is 1. The summed E-state index contributed by atoms with van der Waals surface area (Å²) in [6, 6.07) is 6.28. The monoisotopic (exact) mass is 513 g/mol. The molecule has 0 saturated heterocycles. The van der Waals surface area contributed by atoms with E-state index in [0.29, 0.717) is 28.8 Å². The van der Waals surface area contributed by atoms with Gasteiger partial charge in [0.2, 0.25) is 0 Å². The summed E-state index contributed by atoms with van der Waals surface area (Å²) in [5.74, 6) is 0.880. The highest BCUT2D eigenvalue weighted by atomic mass is 32.2. The number of ether oxygens (including phenoxy) is 2. The Kier molecular flexibility index (Phi) is 8.97. The highest BCUT2D eigenvalue weighted by molar-refractivity contribution is 8.00. The van der Waals surface area contributed by atoms with Crippen LogP contribution in [0.5, 0.6) is 0 Å². The number of aliphatic hydroxyl groups is 1. The van der Waals surface area contributed by atoms with Crippen molar-refractivity contribution in [2.75, 3.05) is 26.1 Å². The van der Waals surface area contributed by atoms with E-state index in [1.807, 2.05) is 13.8 Å². The zero-order valence-electron chi connectivity index (χ0n) is 20.0. The fourth-order valence-corrected chi connectivity index (χ4v) is 4.13. The van der Waals surface area contributed by atoms with Crippen molar-refractivity contribution in [3.8, 4) is 11.4 Å². The number of rotatable bonds is 7. The molecular weight excluding hydrogens is 483 g/mol. The Morgan fingerprint density at radius 2 is 1.91 bits per heavy atom. The van der Waals surface area contributed by atoms with Crippen LogP contribution in [0.1, 0.15) is 33.1 Å².